The van der Waals surface area contributed by atoms with Crippen LogP contribution in [0.25, 0.3) is 0 Å². The summed E-state index contributed by atoms with van der Waals surface area (Å²) in [4.78, 5) is 0. The van der Waals surface area contributed by atoms with Crippen LogP contribution in [0.2, 0.25) is 0 Å². The minimum atomic E-state index is 1.15. The van der Waals surface area contributed by atoms with Crippen LogP contribution in [-0.2, 0) is 0 Å². The SMILES string of the molecule is CCCCCCSN(C)CC. The number of rotatable bonds is 7. The van der Waals surface area contributed by atoms with E-state index in [1.54, 1.807) is 0 Å². The van der Waals surface area contributed by atoms with Crippen molar-refractivity contribution >= 4 is 11.9 Å². The normalized spacial score (nSPS) is 10.9. The van der Waals surface area contributed by atoms with Crippen LogP contribution in [0.1, 0.15) is 39.5 Å². The molecule has 0 fully saturated rings. The Morgan fingerprint density at radius 3 is 2.36 bits per heavy atom. The number of unbranched alkanes of at least 4 members (excludes halogenated alkanes) is 3. The highest BCUT2D eigenvalue weighted by Crippen LogP contribution is 2.10. The van der Waals surface area contributed by atoms with Crippen LogP contribution >= 0.6 is 11.9 Å². The molecule has 0 atom stereocenters. The minimum Gasteiger partial charge on any atom is -0.254 e. The second-order valence-corrected chi connectivity index (χ2v) is 4.13. The van der Waals surface area contributed by atoms with Crippen LogP contribution in [0.15, 0.2) is 0 Å². The molecule has 0 aromatic rings. The Hall–Kier alpha value is 0.310. The third-order valence-corrected chi connectivity index (χ3v) is 2.93. The molecule has 0 aromatic carbocycles. The first kappa shape index (κ1) is 11.3. The molecule has 0 spiro atoms. The maximum absolute atomic E-state index is 2.30. The summed E-state index contributed by atoms with van der Waals surface area (Å²) >= 11 is 1.96. The van der Waals surface area contributed by atoms with Crippen LogP contribution in [0.3, 0.4) is 0 Å². The highest BCUT2D eigenvalue weighted by Gasteiger charge is 1.93. The quantitative estimate of drug-likeness (QED) is 0.432. The predicted octanol–water partition coefficient (Wildman–Crippen LogP) is 3.17. The smallest absolute Gasteiger partial charge is 0.00807 e. The van der Waals surface area contributed by atoms with Gasteiger partial charge < -0.3 is 0 Å². The highest BCUT2D eigenvalue weighted by molar-refractivity contribution is 7.96. The summed E-state index contributed by atoms with van der Waals surface area (Å²) in [5.74, 6) is 1.30. The van der Waals surface area contributed by atoms with E-state index in [4.69, 9.17) is 0 Å². The van der Waals surface area contributed by atoms with Gasteiger partial charge in [-0.25, -0.2) is 0 Å². The van der Waals surface area contributed by atoms with Crippen LogP contribution in [0.4, 0.5) is 0 Å². The maximum atomic E-state index is 2.30. The van der Waals surface area contributed by atoms with Crippen molar-refractivity contribution in [2.45, 2.75) is 39.5 Å². The Bertz CT molecular complexity index is 76.0. The highest BCUT2D eigenvalue weighted by atomic mass is 32.2. The number of hydrogen-bond acceptors (Lipinski definition) is 2. The first-order valence-electron chi connectivity index (χ1n) is 4.65. The topological polar surface area (TPSA) is 3.24 Å². The summed E-state index contributed by atoms with van der Waals surface area (Å²) in [6, 6.07) is 0. The Labute approximate surface area is 75.7 Å². The lowest BCUT2D eigenvalue weighted by atomic mass is 10.2. The van der Waals surface area contributed by atoms with Crippen molar-refractivity contribution in [3.8, 4) is 0 Å². The second-order valence-electron chi connectivity index (χ2n) is 2.84. The molecule has 0 amide bonds. The van der Waals surface area contributed by atoms with Crippen molar-refractivity contribution in [3.63, 3.8) is 0 Å². The molecule has 68 valence electrons. The standard InChI is InChI=1S/C9H21NS/c1-4-6-7-8-9-11-10(3)5-2/h4-9H2,1-3H3. The van der Waals surface area contributed by atoms with Gasteiger partial charge in [-0.3, -0.25) is 4.31 Å². The first-order valence-corrected chi connectivity index (χ1v) is 5.59. The predicted molar refractivity (Wildman–Crippen MR) is 54.9 cm³/mol. The van der Waals surface area contributed by atoms with Gasteiger partial charge >= 0.3 is 0 Å². The molecule has 0 saturated carbocycles. The third-order valence-electron chi connectivity index (χ3n) is 1.75. The zero-order valence-electron chi connectivity index (χ0n) is 8.10. The van der Waals surface area contributed by atoms with Crippen molar-refractivity contribution in [3.05, 3.63) is 0 Å². The van der Waals surface area contributed by atoms with Gasteiger partial charge in [-0.1, -0.05) is 45.1 Å². The van der Waals surface area contributed by atoms with E-state index in [1.807, 2.05) is 11.9 Å². The largest absolute Gasteiger partial charge is 0.254 e. The molecule has 1 nitrogen and oxygen atoms in total. The van der Waals surface area contributed by atoms with Gasteiger partial charge in [0, 0.05) is 12.3 Å². The summed E-state index contributed by atoms with van der Waals surface area (Å²) in [7, 11) is 2.16. The van der Waals surface area contributed by atoms with Crippen molar-refractivity contribution in [1.82, 2.24) is 4.31 Å². The third kappa shape index (κ3) is 8.21. The number of nitrogens with zero attached hydrogens (tertiary/aromatic N) is 1. The summed E-state index contributed by atoms with van der Waals surface area (Å²) in [6.07, 6.45) is 5.52. The average Bonchev–Trinajstić information content (AvgIpc) is 2.04. The monoisotopic (exact) mass is 175 g/mol. The molecule has 0 aliphatic rings. The molecular weight excluding hydrogens is 154 g/mol. The number of hydrogen-bond donors (Lipinski definition) is 0. The van der Waals surface area contributed by atoms with Crippen molar-refractivity contribution in [2.24, 2.45) is 0 Å². The lowest BCUT2D eigenvalue weighted by molar-refractivity contribution is 0.598. The minimum absolute atomic E-state index is 1.15. The molecule has 0 bridgehead atoms. The molecule has 11 heavy (non-hydrogen) atoms. The van der Waals surface area contributed by atoms with E-state index in [-0.39, 0.29) is 0 Å². The fourth-order valence-corrected chi connectivity index (χ4v) is 1.67. The van der Waals surface area contributed by atoms with Gasteiger partial charge in [-0.15, -0.1) is 0 Å². The van der Waals surface area contributed by atoms with E-state index < -0.39 is 0 Å². The molecule has 0 aliphatic heterocycles. The molecule has 0 unspecified atom stereocenters. The molecule has 0 aliphatic carbocycles. The van der Waals surface area contributed by atoms with E-state index >= 15 is 0 Å². The van der Waals surface area contributed by atoms with E-state index in [2.05, 4.69) is 25.2 Å². The van der Waals surface area contributed by atoms with Crippen molar-refractivity contribution in [1.29, 1.82) is 0 Å². The molecule has 2 heteroatoms. The van der Waals surface area contributed by atoms with E-state index in [0.29, 0.717) is 0 Å². The van der Waals surface area contributed by atoms with E-state index in [9.17, 15) is 0 Å². The van der Waals surface area contributed by atoms with Crippen LogP contribution in [0, 0.1) is 0 Å². The molecule has 0 N–H and O–H groups in total. The zero-order chi connectivity index (χ0) is 8.53. The Morgan fingerprint density at radius 2 is 1.82 bits per heavy atom. The zero-order valence-corrected chi connectivity index (χ0v) is 8.91. The van der Waals surface area contributed by atoms with Crippen LogP contribution in [-0.4, -0.2) is 23.7 Å². The first-order chi connectivity index (χ1) is 5.31. The van der Waals surface area contributed by atoms with Gasteiger partial charge in [0.05, 0.1) is 0 Å². The van der Waals surface area contributed by atoms with Gasteiger partial charge in [0.1, 0.15) is 0 Å². The molecule has 0 aromatic heterocycles. The molecule has 0 heterocycles. The summed E-state index contributed by atoms with van der Waals surface area (Å²) in [6.45, 7) is 5.60. The van der Waals surface area contributed by atoms with Gasteiger partial charge in [0.2, 0.25) is 0 Å². The summed E-state index contributed by atoms with van der Waals surface area (Å²) in [5.41, 5.74) is 0. The van der Waals surface area contributed by atoms with E-state index in [1.165, 1.54) is 31.4 Å². The summed E-state index contributed by atoms with van der Waals surface area (Å²) < 4.78 is 2.30. The lowest BCUT2D eigenvalue weighted by Gasteiger charge is -2.11. The lowest BCUT2D eigenvalue weighted by Crippen LogP contribution is -2.08. The fourth-order valence-electron chi connectivity index (χ4n) is 0.841. The fraction of sp³-hybridized carbons (Fsp3) is 1.00. The molecule has 0 radical (unpaired) electrons. The molecule has 0 saturated heterocycles. The van der Waals surface area contributed by atoms with E-state index in [0.717, 1.165) is 6.54 Å². The maximum Gasteiger partial charge on any atom is 0.00807 e. The van der Waals surface area contributed by atoms with Gasteiger partial charge in [0.15, 0.2) is 0 Å². The Balaban J connectivity index is 2.89. The van der Waals surface area contributed by atoms with Crippen LogP contribution in [0.5, 0.6) is 0 Å². The van der Waals surface area contributed by atoms with Crippen LogP contribution < -0.4 is 0 Å². The van der Waals surface area contributed by atoms with Gasteiger partial charge in [-0.05, 0) is 13.5 Å². The Kier molecular flexibility index (Phi) is 8.64. The molecular formula is C9H21NS. The Morgan fingerprint density at radius 1 is 1.09 bits per heavy atom. The van der Waals surface area contributed by atoms with Gasteiger partial charge in [0.25, 0.3) is 0 Å². The molecule has 0 rings (SSSR count). The average molecular weight is 175 g/mol. The van der Waals surface area contributed by atoms with Gasteiger partial charge in [-0.2, -0.15) is 0 Å². The summed E-state index contributed by atoms with van der Waals surface area (Å²) in [5, 5.41) is 0. The van der Waals surface area contributed by atoms with Crippen molar-refractivity contribution in [2.75, 3.05) is 19.3 Å². The van der Waals surface area contributed by atoms with Crippen molar-refractivity contribution < 1.29 is 0 Å². The second kappa shape index (κ2) is 8.41.